The van der Waals surface area contributed by atoms with E-state index in [1.54, 1.807) is 0 Å². The Morgan fingerprint density at radius 2 is 1.82 bits per heavy atom. The highest BCUT2D eigenvalue weighted by atomic mass is 79.9. The summed E-state index contributed by atoms with van der Waals surface area (Å²) in [6.45, 7) is 0. The molecule has 0 atom stereocenters. The molecular weight excluding hydrogens is 430 g/mol. The zero-order valence-electron chi connectivity index (χ0n) is 11.1. The summed E-state index contributed by atoms with van der Waals surface area (Å²) < 4.78 is 5.79. The first-order valence-corrected chi connectivity index (χ1v) is 8.64. The zero-order chi connectivity index (χ0) is 15.5. The van der Waals surface area contributed by atoms with Gasteiger partial charge in [-0.05, 0) is 41.9 Å². The molecule has 0 unspecified atom stereocenters. The van der Waals surface area contributed by atoms with Crippen molar-refractivity contribution in [1.82, 2.24) is 9.59 Å². The minimum absolute atomic E-state index is 0.217. The lowest BCUT2D eigenvalue weighted by molar-refractivity contribution is 0.103. The minimum atomic E-state index is -0.217. The van der Waals surface area contributed by atoms with Crippen molar-refractivity contribution in [2.24, 2.45) is 0 Å². The van der Waals surface area contributed by atoms with Gasteiger partial charge in [-0.1, -0.05) is 54.5 Å². The van der Waals surface area contributed by atoms with E-state index < -0.39 is 0 Å². The fourth-order valence-electron chi connectivity index (χ4n) is 1.89. The van der Waals surface area contributed by atoms with Gasteiger partial charge in [-0.3, -0.25) is 4.79 Å². The summed E-state index contributed by atoms with van der Waals surface area (Å²) in [7, 11) is 0. The van der Waals surface area contributed by atoms with Gasteiger partial charge in [0.25, 0.3) is 5.91 Å². The van der Waals surface area contributed by atoms with Gasteiger partial charge in [-0.15, -0.1) is 5.10 Å². The highest BCUT2D eigenvalue weighted by molar-refractivity contribution is 9.10. The number of hydrogen-bond donors (Lipinski definition) is 1. The molecule has 0 bridgehead atoms. The first-order chi connectivity index (χ1) is 10.6. The van der Waals surface area contributed by atoms with Gasteiger partial charge in [0.2, 0.25) is 0 Å². The van der Waals surface area contributed by atoms with Crippen molar-refractivity contribution in [3.63, 3.8) is 0 Å². The molecule has 2 aromatic carbocycles. The van der Waals surface area contributed by atoms with Gasteiger partial charge in [-0.25, -0.2) is 0 Å². The number of nitrogens with zero attached hydrogens (tertiary/aromatic N) is 2. The van der Waals surface area contributed by atoms with E-state index in [4.69, 9.17) is 0 Å². The average molecular weight is 439 g/mol. The first kappa shape index (κ1) is 15.3. The molecule has 7 heteroatoms. The molecule has 1 aromatic heterocycles. The Hall–Kier alpha value is -1.57. The summed E-state index contributed by atoms with van der Waals surface area (Å²) >= 11 is 7.85. The first-order valence-electron chi connectivity index (χ1n) is 6.29. The topological polar surface area (TPSA) is 54.9 Å². The number of halogens is 2. The second kappa shape index (κ2) is 6.68. The number of carbonyl (C=O) groups is 1. The fraction of sp³-hybridized carbons (Fsp3) is 0. The third kappa shape index (κ3) is 3.43. The molecule has 1 heterocycles. The van der Waals surface area contributed by atoms with E-state index in [1.165, 1.54) is 0 Å². The third-order valence-electron chi connectivity index (χ3n) is 2.89. The van der Waals surface area contributed by atoms with Crippen molar-refractivity contribution in [2.45, 2.75) is 0 Å². The maximum Gasteiger partial charge on any atom is 0.269 e. The van der Waals surface area contributed by atoms with Crippen molar-refractivity contribution in [1.29, 1.82) is 0 Å². The Labute approximate surface area is 148 Å². The molecule has 0 saturated heterocycles. The molecule has 0 saturated carbocycles. The number of benzene rings is 2. The monoisotopic (exact) mass is 437 g/mol. The lowest BCUT2D eigenvalue weighted by atomic mass is 10.1. The van der Waals surface area contributed by atoms with E-state index in [2.05, 4.69) is 46.8 Å². The molecule has 3 rings (SSSR count). The predicted octanol–water partition coefficient (Wildman–Crippen LogP) is 4.98. The maximum atomic E-state index is 12.4. The van der Waals surface area contributed by atoms with Crippen LogP contribution in [0.1, 0.15) is 9.67 Å². The molecule has 0 radical (unpaired) electrons. The lowest BCUT2D eigenvalue weighted by Crippen LogP contribution is -2.11. The van der Waals surface area contributed by atoms with E-state index >= 15 is 0 Å². The molecule has 0 aliphatic heterocycles. The van der Waals surface area contributed by atoms with Crippen LogP contribution in [0, 0.1) is 0 Å². The second-order valence-electron chi connectivity index (χ2n) is 4.42. The molecule has 0 aliphatic carbocycles. The highest BCUT2D eigenvalue weighted by Gasteiger charge is 2.18. The van der Waals surface area contributed by atoms with Crippen LogP contribution in [-0.2, 0) is 0 Å². The number of rotatable bonds is 3. The maximum absolute atomic E-state index is 12.4. The van der Waals surface area contributed by atoms with Gasteiger partial charge in [-0.2, -0.15) is 0 Å². The lowest BCUT2D eigenvalue weighted by Gasteiger charge is -2.05. The van der Waals surface area contributed by atoms with Crippen molar-refractivity contribution in [3.05, 3.63) is 62.4 Å². The largest absolute Gasteiger partial charge is 0.321 e. The number of aromatic nitrogens is 2. The predicted molar refractivity (Wildman–Crippen MR) is 95.1 cm³/mol. The molecule has 110 valence electrons. The van der Waals surface area contributed by atoms with Crippen LogP contribution in [0.3, 0.4) is 0 Å². The van der Waals surface area contributed by atoms with Crippen LogP contribution in [0.4, 0.5) is 5.69 Å². The summed E-state index contributed by atoms with van der Waals surface area (Å²) in [4.78, 5) is 12.9. The number of hydrogen-bond acceptors (Lipinski definition) is 4. The molecule has 0 aliphatic rings. The minimum Gasteiger partial charge on any atom is -0.321 e. The molecule has 4 nitrogen and oxygen atoms in total. The Bertz CT molecular complexity index is 818. The van der Waals surface area contributed by atoms with E-state index in [-0.39, 0.29) is 5.91 Å². The van der Waals surface area contributed by atoms with Gasteiger partial charge in [0.1, 0.15) is 10.6 Å². The Morgan fingerprint density at radius 1 is 1.05 bits per heavy atom. The standard InChI is InChI=1S/C15H9Br2N3OS/c16-10-6-4-9(5-7-10)13-14(22-20-19-13)15(21)18-12-3-1-2-11(17)8-12/h1-8H,(H,18,21). The zero-order valence-corrected chi connectivity index (χ0v) is 15.1. The smallest absolute Gasteiger partial charge is 0.269 e. The summed E-state index contributed by atoms with van der Waals surface area (Å²) in [5, 5.41) is 6.94. The summed E-state index contributed by atoms with van der Waals surface area (Å²) in [6, 6.07) is 15.0. The van der Waals surface area contributed by atoms with Crippen LogP contribution in [0.5, 0.6) is 0 Å². The number of anilines is 1. The molecule has 22 heavy (non-hydrogen) atoms. The van der Waals surface area contributed by atoms with Crippen molar-refractivity contribution in [2.75, 3.05) is 5.32 Å². The van der Waals surface area contributed by atoms with E-state index in [9.17, 15) is 4.79 Å². The number of nitrogens with one attached hydrogen (secondary N) is 1. The van der Waals surface area contributed by atoms with Crippen LogP contribution < -0.4 is 5.32 Å². The van der Waals surface area contributed by atoms with Crippen LogP contribution >= 0.6 is 43.4 Å². The number of carbonyl (C=O) groups excluding carboxylic acids is 1. The SMILES string of the molecule is O=C(Nc1cccc(Br)c1)c1snnc1-c1ccc(Br)cc1. The fourth-order valence-corrected chi connectivity index (χ4v) is 3.14. The molecule has 1 amide bonds. The van der Waals surface area contributed by atoms with Crippen LogP contribution in [-0.4, -0.2) is 15.5 Å². The van der Waals surface area contributed by atoms with E-state index in [0.717, 1.165) is 31.7 Å². The summed E-state index contributed by atoms with van der Waals surface area (Å²) in [5.41, 5.74) is 2.16. The summed E-state index contributed by atoms with van der Waals surface area (Å²) in [5.74, 6) is -0.217. The molecule has 1 N–H and O–H groups in total. The Morgan fingerprint density at radius 3 is 2.55 bits per heavy atom. The van der Waals surface area contributed by atoms with Crippen molar-refractivity contribution >= 4 is 55.0 Å². The van der Waals surface area contributed by atoms with Gasteiger partial charge >= 0.3 is 0 Å². The Kier molecular flexibility index (Phi) is 4.66. The van der Waals surface area contributed by atoms with Crippen LogP contribution in [0.15, 0.2) is 57.5 Å². The molecule has 0 spiro atoms. The normalized spacial score (nSPS) is 10.5. The highest BCUT2D eigenvalue weighted by Crippen LogP contribution is 2.26. The van der Waals surface area contributed by atoms with Crippen LogP contribution in [0.25, 0.3) is 11.3 Å². The molecule has 0 fully saturated rings. The Balaban J connectivity index is 1.88. The quantitative estimate of drug-likeness (QED) is 0.627. The molecule has 3 aromatic rings. The van der Waals surface area contributed by atoms with Crippen LogP contribution in [0.2, 0.25) is 0 Å². The average Bonchev–Trinajstić information content (AvgIpc) is 2.97. The summed E-state index contributed by atoms with van der Waals surface area (Å²) in [6.07, 6.45) is 0. The molecular formula is C15H9Br2N3OS. The second-order valence-corrected chi connectivity index (χ2v) is 7.01. The van der Waals surface area contributed by atoms with Gasteiger partial charge < -0.3 is 5.32 Å². The number of amides is 1. The van der Waals surface area contributed by atoms with E-state index in [1.807, 2.05) is 48.5 Å². The third-order valence-corrected chi connectivity index (χ3v) is 4.64. The van der Waals surface area contributed by atoms with Gasteiger partial charge in [0, 0.05) is 20.2 Å². The van der Waals surface area contributed by atoms with Gasteiger partial charge in [0.15, 0.2) is 0 Å². The van der Waals surface area contributed by atoms with Crippen molar-refractivity contribution in [3.8, 4) is 11.3 Å². The van der Waals surface area contributed by atoms with Gasteiger partial charge in [0.05, 0.1) is 0 Å². The van der Waals surface area contributed by atoms with Crippen molar-refractivity contribution < 1.29 is 4.79 Å². The van der Waals surface area contributed by atoms with E-state index in [0.29, 0.717) is 10.6 Å².